The van der Waals surface area contributed by atoms with Gasteiger partial charge in [-0.15, -0.1) is 0 Å². The summed E-state index contributed by atoms with van der Waals surface area (Å²) in [5.74, 6) is -2.49. The fraction of sp³-hybridized carbons (Fsp3) is 0.789. The van der Waals surface area contributed by atoms with Gasteiger partial charge in [0.05, 0.1) is 6.04 Å². The summed E-state index contributed by atoms with van der Waals surface area (Å²) in [7, 11) is 0. The first-order valence-electron chi connectivity index (χ1n) is 9.84. The van der Waals surface area contributed by atoms with E-state index >= 15 is 0 Å². The van der Waals surface area contributed by atoms with Crippen molar-refractivity contribution in [1.29, 1.82) is 0 Å². The first-order chi connectivity index (χ1) is 13.5. The van der Waals surface area contributed by atoms with Crippen molar-refractivity contribution in [2.45, 2.75) is 71.6 Å². The molecule has 0 saturated heterocycles. The molecule has 0 unspecified atom stereocenters. The summed E-state index contributed by atoms with van der Waals surface area (Å²) in [6.45, 7) is 8.54. The number of carbonyl (C=O) groups excluding carboxylic acids is 3. The molecule has 9 nitrogen and oxygen atoms in total. The molecule has 168 valence electrons. The predicted molar refractivity (Wildman–Crippen MR) is 114 cm³/mol. The van der Waals surface area contributed by atoms with E-state index < -0.39 is 47.9 Å². The molecular weight excluding hydrogens is 396 g/mol. The van der Waals surface area contributed by atoms with Crippen LogP contribution in [0.4, 0.5) is 0 Å². The molecule has 6 N–H and O–H groups in total. The van der Waals surface area contributed by atoms with E-state index in [1.165, 1.54) is 6.92 Å². The van der Waals surface area contributed by atoms with E-state index in [1.54, 1.807) is 32.5 Å². The highest BCUT2D eigenvalue weighted by molar-refractivity contribution is 7.98. The van der Waals surface area contributed by atoms with Crippen LogP contribution in [0, 0.1) is 11.8 Å². The number of aliphatic carboxylic acids is 1. The van der Waals surface area contributed by atoms with Crippen LogP contribution in [0.25, 0.3) is 0 Å². The SMILES string of the molecule is CC[C@H](C)[C@H](NC(=O)[C@H](C)NC(=O)[C@@H](N)CCSC)C(=O)N[C@H](C(=O)O)C(C)C. The summed E-state index contributed by atoms with van der Waals surface area (Å²) < 4.78 is 0. The van der Waals surface area contributed by atoms with Crippen LogP contribution in [0.1, 0.15) is 47.5 Å². The molecule has 0 aromatic carbocycles. The summed E-state index contributed by atoms with van der Waals surface area (Å²) in [4.78, 5) is 48.7. The molecule has 0 heterocycles. The number of carbonyl (C=O) groups is 4. The molecular formula is C19H36N4O5S. The third-order valence-corrected chi connectivity index (χ3v) is 5.39. The highest BCUT2D eigenvalue weighted by Gasteiger charge is 2.32. The number of carboxylic acids is 1. The van der Waals surface area contributed by atoms with Crippen LogP contribution in [0.3, 0.4) is 0 Å². The van der Waals surface area contributed by atoms with Crippen molar-refractivity contribution >= 4 is 35.5 Å². The topological polar surface area (TPSA) is 151 Å². The second-order valence-electron chi connectivity index (χ2n) is 7.56. The van der Waals surface area contributed by atoms with Crippen molar-refractivity contribution in [3.8, 4) is 0 Å². The molecule has 10 heteroatoms. The Morgan fingerprint density at radius 3 is 1.93 bits per heavy atom. The van der Waals surface area contributed by atoms with Crippen molar-refractivity contribution in [2.24, 2.45) is 17.6 Å². The summed E-state index contributed by atoms with van der Waals surface area (Å²) in [5, 5.41) is 17.0. The molecule has 0 saturated carbocycles. The summed E-state index contributed by atoms with van der Waals surface area (Å²) in [6, 6.07) is -3.58. The molecule has 3 amide bonds. The maximum atomic E-state index is 12.7. The summed E-state index contributed by atoms with van der Waals surface area (Å²) >= 11 is 1.57. The molecule has 0 bridgehead atoms. The normalized spacial score (nSPS) is 16.3. The van der Waals surface area contributed by atoms with Crippen LogP contribution in [0.15, 0.2) is 0 Å². The molecule has 29 heavy (non-hydrogen) atoms. The van der Waals surface area contributed by atoms with Gasteiger partial charge in [-0.3, -0.25) is 14.4 Å². The standard InChI is InChI=1S/C19H36N4O5S/c1-7-11(4)15(18(26)22-14(10(2)3)19(27)28)23-16(24)12(5)21-17(25)13(20)8-9-29-6/h10-15H,7-9,20H2,1-6H3,(H,21,25)(H,22,26)(H,23,24)(H,27,28)/t11-,12-,13-,14-,15-/m0/s1. The number of nitrogens with one attached hydrogen (secondary N) is 3. The second-order valence-corrected chi connectivity index (χ2v) is 8.54. The van der Waals surface area contributed by atoms with Crippen molar-refractivity contribution < 1.29 is 24.3 Å². The molecule has 5 atom stereocenters. The average Bonchev–Trinajstić information content (AvgIpc) is 2.66. The highest BCUT2D eigenvalue weighted by Crippen LogP contribution is 2.10. The summed E-state index contributed by atoms with van der Waals surface area (Å²) in [5.41, 5.74) is 5.81. The van der Waals surface area contributed by atoms with Crippen LogP contribution in [0.2, 0.25) is 0 Å². The Balaban J connectivity index is 5.09. The predicted octanol–water partition coefficient (Wildman–Crippen LogP) is 0.328. The van der Waals surface area contributed by atoms with Gasteiger partial charge < -0.3 is 26.8 Å². The molecule has 0 fully saturated rings. The van der Waals surface area contributed by atoms with Gasteiger partial charge >= 0.3 is 5.97 Å². The lowest BCUT2D eigenvalue weighted by Gasteiger charge is -2.28. The molecule has 0 radical (unpaired) electrons. The smallest absolute Gasteiger partial charge is 0.326 e. The molecule has 0 aliphatic heterocycles. The zero-order valence-electron chi connectivity index (χ0n) is 18.2. The number of hydrogen-bond acceptors (Lipinski definition) is 6. The van der Waals surface area contributed by atoms with E-state index in [-0.39, 0.29) is 11.8 Å². The van der Waals surface area contributed by atoms with E-state index in [4.69, 9.17) is 5.73 Å². The number of rotatable bonds is 13. The molecule has 0 rings (SSSR count). The lowest BCUT2D eigenvalue weighted by molar-refractivity contribution is -0.144. The monoisotopic (exact) mass is 432 g/mol. The lowest BCUT2D eigenvalue weighted by atomic mass is 9.96. The fourth-order valence-corrected chi connectivity index (χ4v) is 2.99. The number of hydrogen-bond donors (Lipinski definition) is 5. The van der Waals surface area contributed by atoms with E-state index in [0.717, 1.165) is 5.75 Å². The van der Waals surface area contributed by atoms with Gasteiger partial charge in [-0.2, -0.15) is 11.8 Å². The second kappa shape index (κ2) is 13.4. The molecule has 0 aliphatic rings. The zero-order valence-corrected chi connectivity index (χ0v) is 19.0. The van der Waals surface area contributed by atoms with Gasteiger partial charge in [-0.1, -0.05) is 34.1 Å². The van der Waals surface area contributed by atoms with Gasteiger partial charge in [0.2, 0.25) is 17.7 Å². The van der Waals surface area contributed by atoms with Crippen molar-refractivity contribution in [2.75, 3.05) is 12.0 Å². The number of nitrogens with two attached hydrogens (primary N) is 1. The number of carboxylic acid groups (broad SMARTS) is 1. The zero-order chi connectivity index (χ0) is 22.7. The maximum absolute atomic E-state index is 12.7. The molecule has 0 aromatic rings. The number of thioether (sulfide) groups is 1. The Bertz CT molecular complexity index is 573. The third kappa shape index (κ3) is 9.49. The van der Waals surface area contributed by atoms with Crippen LogP contribution in [0.5, 0.6) is 0 Å². The first kappa shape index (κ1) is 27.2. The van der Waals surface area contributed by atoms with Gasteiger partial charge in [0, 0.05) is 0 Å². The minimum Gasteiger partial charge on any atom is -0.480 e. The van der Waals surface area contributed by atoms with Gasteiger partial charge in [0.1, 0.15) is 18.1 Å². The molecule has 0 spiro atoms. The van der Waals surface area contributed by atoms with Crippen LogP contribution in [-0.4, -0.2) is 65.0 Å². The van der Waals surface area contributed by atoms with E-state index in [0.29, 0.717) is 12.8 Å². The van der Waals surface area contributed by atoms with Gasteiger partial charge in [-0.25, -0.2) is 4.79 Å². The quantitative estimate of drug-likeness (QED) is 0.281. The van der Waals surface area contributed by atoms with Crippen molar-refractivity contribution in [3.63, 3.8) is 0 Å². The van der Waals surface area contributed by atoms with Crippen LogP contribution in [-0.2, 0) is 19.2 Å². The Morgan fingerprint density at radius 1 is 0.931 bits per heavy atom. The van der Waals surface area contributed by atoms with E-state index in [9.17, 15) is 24.3 Å². The Hall–Kier alpha value is -1.81. The van der Waals surface area contributed by atoms with Gasteiger partial charge in [0.25, 0.3) is 0 Å². The van der Waals surface area contributed by atoms with E-state index in [2.05, 4.69) is 16.0 Å². The number of amides is 3. The Labute approximate surface area is 177 Å². The minimum atomic E-state index is -1.14. The average molecular weight is 433 g/mol. The lowest BCUT2D eigenvalue weighted by Crippen LogP contribution is -2.58. The maximum Gasteiger partial charge on any atom is 0.326 e. The van der Waals surface area contributed by atoms with Gasteiger partial charge in [-0.05, 0) is 37.2 Å². The van der Waals surface area contributed by atoms with Crippen LogP contribution >= 0.6 is 11.8 Å². The Kier molecular flexibility index (Phi) is 12.6. The third-order valence-electron chi connectivity index (χ3n) is 4.75. The first-order valence-corrected chi connectivity index (χ1v) is 11.2. The van der Waals surface area contributed by atoms with Crippen molar-refractivity contribution in [3.05, 3.63) is 0 Å². The van der Waals surface area contributed by atoms with Gasteiger partial charge in [0.15, 0.2) is 0 Å². The summed E-state index contributed by atoms with van der Waals surface area (Å²) in [6.07, 6.45) is 3.00. The largest absolute Gasteiger partial charge is 0.480 e. The van der Waals surface area contributed by atoms with E-state index in [1.807, 2.05) is 13.2 Å². The van der Waals surface area contributed by atoms with Crippen LogP contribution < -0.4 is 21.7 Å². The minimum absolute atomic E-state index is 0.229. The molecule has 0 aliphatic carbocycles. The molecule has 0 aromatic heterocycles. The Morgan fingerprint density at radius 2 is 1.48 bits per heavy atom. The fourth-order valence-electron chi connectivity index (χ4n) is 2.50. The highest BCUT2D eigenvalue weighted by atomic mass is 32.2. The van der Waals surface area contributed by atoms with Crippen molar-refractivity contribution in [1.82, 2.24) is 16.0 Å².